The van der Waals surface area contributed by atoms with Crippen LogP contribution < -0.4 is 5.73 Å². The first-order chi connectivity index (χ1) is 12.8. The summed E-state index contributed by atoms with van der Waals surface area (Å²) in [6.07, 6.45) is -4.20. The van der Waals surface area contributed by atoms with E-state index in [1.54, 1.807) is 11.0 Å². The van der Waals surface area contributed by atoms with Crippen molar-refractivity contribution in [3.8, 4) is 0 Å². The molecule has 0 spiro atoms. The Bertz CT molecular complexity index is 724. The first-order valence-electron chi connectivity index (χ1n) is 8.82. The molecule has 27 heavy (non-hydrogen) atoms. The zero-order valence-electron chi connectivity index (χ0n) is 14.8. The highest BCUT2D eigenvalue weighted by molar-refractivity contribution is 5.79. The van der Waals surface area contributed by atoms with Crippen LogP contribution in [0.3, 0.4) is 0 Å². The third kappa shape index (κ3) is 4.59. The van der Waals surface area contributed by atoms with Gasteiger partial charge >= 0.3 is 6.18 Å². The van der Waals surface area contributed by atoms with Gasteiger partial charge in [0.05, 0.1) is 12.2 Å². The number of amides is 2. The molecule has 3 rings (SSSR count). The van der Waals surface area contributed by atoms with Crippen molar-refractivity contribution < 1.29 is 27.5 Å². The normalized spacial score (nSPS) is 19.0. The van der Waals surface area contributed by atoms with Crippen LogP contribution in [-0.2, 0) is 33.5 Å². The van der Waals surface area contributed by atoms with E-state index in [0.29, 0.717) is 18.7 Å². The minimum absolute atomic E-state index is 0.0190. The van der Waals surface area contributed by atoms with Crippen LogP contribution in [0, 0.1) is 0 Å². The number of nitrogens with zero attached hydrogens (tertiary/aromatic N) is 2. The highest BCUT2D eigenvalue weighted by Crippen LogP contribution is 2.35. The van der Waals surface area contributed by atoms with Crippen molar-refractivity contribution >= 4 is 11.8 Å². The highest BCUT2D eigenvalue weighted by Gasteiger charge is 2.36. The summed E-state index contributed by atoms with van der Waals surface area (Å²) >= 11 is 0. The minimum Gasteiger partial charge on any atom is -0.370 e. The van der Waals surface area contributed by atoms with Gasteiger partial charge in [0.2, 0.25) is 11.8 Å². The molecule has 1 saturated heterocycles. The predicted molar refractivity (Wildman–Crippen MR) is 90.6 cm³/mol. The summed E-state index contributed by atoms with van der Waals surface area (Å²) in [5, 5.41) is 0. The second-order valence-electron chi connectivity index (χ2n) is 6.86. The van der Waals surface area contributed by atoms with E-state index in [1.807, 2.05) is 0 Å². The second-order valence-corrected chi connectivity index (χ2v) is 6.86. The number of benzene rings is 1. The third-order valence-electron chi connectivity index (χ3n) is 4.90. The average molecular weight is 385 g/mol. The number of ether oxygens (including phenoxy) is 1. The molecular weight excluding hydrogens is 363 g/mol. The van der Waals surface area contributed by atoms with Gasteiger partial charge in [-0.3, -0.25) is 9.59 Å². The Kier molecular flexibility index (Phi) is 5.71. The number of hydrogen-bond donors (Lipinski definition) is 1. The molecule has 148 valence electrons. The summed E-state index contributed by atoms with van der Waals surface area (Å²) in [7, 11) is 0. The van der Waals surface area contributed by atoms with Crippen molar-refractivity contribution in [1.82, 2.24) is 9.80 Å². The molecule has 0 aliphatic carbocycles. The molecule has 9 heteroatoms. The van der Waals surface area contributed by atoms with Crippen LogP contribution >= 0.6 is 0 Å². The van der Waals surface area contributed by atoms with Crippen molar-refractivity contribution in [2.24, 2.45) is 5.73 Å². The van der Waals surface area contributed by atoms with Crippen molar-refractivity contribution in [1.29, 1.82) is 0 Å². The summed E-state index contributed by atoms with van der Waals surface area (Å²) in [6.45, 7) is 1.53. The standard InChI is InChI=1S/C18H22F3N3O3/c19-18(20,21)15-3-1-2-12-9-23(5-4-14(12)15)16(25)8-13(22)10-24-6-7-27-11-17(24)26/h1-3,13H,4-11,22H2/t13-/m0/s1. The highest BCUT2D eigenvalue weighted by atomic mass is 19.4. The van der Waals surface area contributed by atoms with E-state index in [9.17, 15) is 22.8 Å². The number of alkyl halides is 3. The number of rotatable bonds is 4. The van der Waals surface area contributed by atoms with Gasteiger partial charge in [-0.1, -0.05) is 12.1 Å². The molecule has 1 aromatic carbocycles. The van der Waals surface area contributed by atoms with Crippen LogP contribution in [0.25, 0.3) is 0 Å². The van der Waals surface area contributed by atoms with Gasteiger partial charge < -0.3 is 20.3 Å². The molecule has 0 radical (unpaired) electrons. The van der Waals surface area contributed by atoms with Crippen molar-refractivity contribution in [3.63, 3.8) is 0 Å². The van der Waals surface area contributed by atoms with E-state index in [1.165, 1.54) is 11.0 Å². The van der Waals surface area contributed by atoms with Crippen LogP contribution in [0.1, 0.15) is 23.1 Å². The topological polar surface area (TPSA) is 75.9 Å². The predicted octanol–water partition coefficient (Wildman–Crippen LogP) is 1.17. The SMILES string of the molecule is N[C@@H](CC(=O)N1CCc2c(cccc2C(F)(F)F)C1)CN1CCOCC1=O. The number of nitrogens with two attached hydrogens (primary N) is 1. The van der Waals surface area contributed by atoms with Gasteiger partial charge in [-0.05, 0) is 23.6 Å². The smallest absolute Gasteiger partial charge is 0.370 e. The number of hydrogen-bond acceptors (Lipinski definition) is 4. The molecular formula is C18H22F3N3O3. The Morgan fingerprint density at radius 3 is 2.78 bits per heavy atom. The quantitative estimate of drug-likeness (QED) is 0.844. The van der Waals surface area contributed by atoms with Crippen molar-refractivity contribution in [2.75, 3.05) is 32.8 Å². The van der Waals surface area contributed by atoms with E-state index in [0.717, 1.165) is 6.07 Å². The van der Waals surface area contributed by atoms with Gasteiger partial charge in [0.25, 0.3) is 0 Å². The maximum atomic E-state index is 13.1. The van der Waals surface area contributed by atoms with Gasteiger partial charge in [-0.2, -0.15) is 13.2 Å². The molecule has 2 N–H and O–H groups in total. The number of carbonyl (C=O) groups excluding carboxylic acids is 2. The molecule has 2 aliphatic rings. The van der Waals surface area contributed by atoms with Gasteiger partial charge in [-0.25, -0.2) is 0 Å². The van der Waals surface area contributed by atoms with E-state index in [-0.39, 0.29) is 56.5 Å². The molecule has 0 saturated carbocycles. The number of fused-ring (bicyclic) bond motifs is 1. The van der Waals surface area contributed by atoms with E-state index in [2.05, 4.69) is 0 Å². The van der Waals surface area contributed by atoms with Crippen LogP contribution in [0.2, 0.25) is 0 Å². The fourth-order valence-electron chi connectivity index (χ4n) is 3.53. The molecule has 1 fully saturated rings. The Balaban J connectivity index is 1.60. The van der Waals surface area contributed by atoms with Gasteiger partial charge in [0.15, 0.2) is 0 Å². The summed E-state index contributed by atoms with van der Waals surface area (Å²) in [4.78, 5) is 27.3. The Hall–Kier alpha value is -2.13. The first-order valence-corrected chi connectivity index (χ1v) is 8.82. The number of morpholine rings is 1. The Morgan fingerprint density at radius 2 is 2.07 bits per heavy atom. The molecule has 2 heterocycles. The number of carbonyl (C=O) groups is 2. The molecule has 2 aliphatic heterocycles. The van der Waals surface area contributed by atoms with E-state index >= 15 is 0 Å². The molecule has 1 aromatic rings. The Morgan fingerprint density at radius 1 is 1.30 bits per heavy atom. The monoisotopic (exact) mass is 385 g/mol. The fourth-order valence-corrected chi connectivity index (χ4v) is 3.53. The maximum absolute atomic E-state index is 13.1. The zero-order valence-corrected chi connectivity index (χ0v) is 14.8. The molecule has 0 unspecified atom stereocenters. The fraction of sp³-hybridized carbons (Fsp3) is 0.556. The van der Waals surface area contributed by atoms with Gasteiger partial charge in [-0.15, -0.1) is 0 Å². The zero-order chi connectivity index (χ0) is 19.6. The van der Waals surface area contributed by atoms with Crippen LogP contribution in [0.5, 0.6) is 0 Å². The third-order valence-corrected chi connectivity index (χ3v) is 4.90. The summed E-state index contributed by atoms with van der Waals surface area (Å²) in [5.74, 6) is -0.373. The maximum Gasteiger partial charge on any atom is 0.416 e. The van der Waals surface area contributed by atoms with Gasteiger partial charge in [0.1, 0.15) is 6.61 Å². The van der Waals surface area contributed by atoms with E-state index < -0.39 is 17.8 Å². The second kappa shape index (κ2) is 7.85. The average Bonchev–Trinajstić information content (AvgIpc) is 2.61. The lowest BCUT2D eigenvalue weighted by atomic mass is 9.94. The lowest BCUT2D eigenvalue weighted by molar-refractivity contribution is -0.143. The van der Waals surface area contributed by atoms with Crippen molar-refractivity contribution in [2.45, 2.75) is 31.6 Å². The largest absolute Gasteiger partial charge is 0.416 e. The molecule has 6 nitrogen and oxygen atoms in total. The van der Waals surface area contributed by atoms with Gasteiger partial charge in [0, 0.05) is 38.6 Å². The lowest BCUT2D eigenvalue weighted by Crippen LogP contribution is -2.49. The molecule has 2 amide bonds. The van der Waals surface area contributed by atoms with Crippen LogP contribution in [0.4, 0.5) is 13.2 Å². The van der Waals surface area contributed by atoms with Crippen LogP contribution in [0.15, 0.2) is 18.2 Å². The summed E-state index contributed by atoms with van der Waals surface area (Å²) in [5.41, 5.74) is 6.17. The molecule has 1 atom stereocenters. The molecule has 0 aromatic heterocycles. The first kappa shape index (κ1) is 19.6. The van der Waals surface area contributed by atoms with Crippen LogP contribution in [-0.4, -0.2) is 60.5 Å². The summed E-state index contributed by atoms with van der Waals surface area (Å²) in [6, 6.07) is 3.54. The number of halogens is 3. The van der Waals surface area contributed by atoms with E-state index in [4.69, 9.17) is 10.5 Å². The Labute approximate surface area is 155 Å². The molecule has 0 bridgehead atoms. The summed E-state index contributed by atoms with van der Waals surface area (Å²) < 4.78 is 44.4. The minimum atomic E-state index is -4.40. The van der Waals surface area contributed by atoms with Crippen molar-refractivity contribution in [3.05, 3.63) is 34.9 Å². The lowest BCUT2D eigenvalue weighted by Gasteiger charge is -2.32.